The number of rotatable bonds is 5. The molecule has 0 aromatic heterocycles. The summed E-state index contributed by atoms with van der Waals surface area (Å²) in [6.07, 6.45) is 3.73. The van der Waals surface area contributed by atoms with Crippen LogP contribution in [0.15, 0.2) is 48.5 Å². The Morgan fingerprint density at radius 1 is 0.905 bits per heavy atom. The molecule has 2 nitrogen and oxygen atoms in total. The topological polar surface area (TPSA) is 15.3 Å². The molecule has 0 amide bonds. The summed E-state index contributed by atoms with van der Waals surface area (Å²) in [5.74, 6) is 0. The number of hydrogen-bond acceptors (Lipinski definition) is 2. The van der Waals surface area contributed by atoms with Gasteiger partial charge in [-0.25, -0.2) is 0 Å². The third kappa shape index (κ3) is 3.38. The average Bonchev–Trinajstić information content (AvgIpc) is 3.08. The first-order valence-corrected chi connectivity index (χ1v) is 8.02. The second kappa shape index (κ2) is 6.66. The smallest absolute Gasteiger partial charge is 0.0602 e. The van der Waals surface area contributed by atoms with Crippen LogP contribution in [-0.2, 0) is 13.0 Å². The average molecular weight is 280 g/mol. The first kappa shape index (κ1) is 14.0. The Morgan fingerprint density at radius 2 is 1.57 bits per heavy atom. The number of nitrogens with one attached hydrogen (secondary N) is 1. The predicted octanol–water partition coefficient (Wildman–Crippen LogP) is 4.46. The van der Waals surface area contributed by atoms with E-state index in [9.17, 15) is 0 Å². The van der Waals surface area contributed by atoms with E-state index in [4.69, 9.17) is 0 Å². The van der Waals surface area contributed by atoms with Crippen LogP contribution in [-0.4, -0.2) is 13.1 Å². The maximum absolute atomic E-state index is 3.60. The highest BCUT2D eigenvalue weighted by Gasteiger charge is 2.14. The van der Waals surface area contributed by atoms with Gasteiger partial charge in [-0.1, -0.05) is 43.3 Å². The molecule has 1 fully saturated rings. The van der Waals surface area contributed by atoms with Crippen LogP contribution in [0.2, 0.25) is 0 Å². The highest BCUT2D eigenvalue weighted by molar-refractivity contribution is 5.70. The van der Waals surface area contributed by atoms with E-state index in [-0.39, 0.29) is 0 Å². The zero-order valence-corrected chi connectivity index (χ0v) is 12.8. The molecule has 1 N–H and O–H groups in total. The number of benzene rings is 2. The molecule has 1 heterocycles. The summed E-state index contributed by atoms with van der Waals surface area (Å²) in [5.41, 5.74) is 5.33. The first-order valence-electron chi connectivity index (χ1n) is 8.02. The summed E-state index contributed by atoms with van der Waals surface area (Å²) in [5, 5.41) is 3.60. The lowest BCUT2D eigenvalue weighted by Crippen LogP contribution is -2.19. The Hall–Kier alpha value is -1.96. The van der Waals surface area contributed by atoms with Gasteiger partial charge in [0.05, 0.1) is 11.4 Å². The molecule has 0 unspecified atom stereocenters. The van der Waals surface area contributed by atoms with Gasteiger partial charge >= 0.3 is 0 Å². The van der Waals surface area contributed by atoms with Gasteiger partial charge in [0, 0.05) is 19.6 Å². The minimum atomic E-state index is 0.884. The number of anilines is 2. The summed E-state index contributed by atoms with van der Waals surface area (Å²) in [7, 11) is 0. The molecule has 0 aliphatic carbocycles. The normalized spacial score (nSPS) is 14.4. The van der Waals surface area contributed by atoms with Crippen molar-refractivity contribution in [2.75, 3.05) is 23.3 Å². The van der Waals surface area contributed by atoms with E-state index in [2.05, 4.69) is 65.7 Å². The van der Waals surface area contributed by atoms with Crippen molar-refractivity contribution in [2.45, 2.75) is 32.7 Å². The van der Waals surface area contributed by atoms with Gasteiger partial charge in [0.15, 0.2) is 0 Å². The molecule has 3 rings (SSSR count). The van der Waals surface area contributed by atoms with E-state index in [1.807, 2.05) is 0 Å². The second-order valence-corrected chi connectivity index (χ2v) is 5.73. The van der Waals surface area contributed by atoms with Crippen molar-refractivity contribution >= 4 is 11.4 Å². The Balaban J connectivity index is 1.69. The fourth-order valence-corrected chi connectivity index (χ4v) is 2.95. The van der Waals surface area contributed by atoms with Crippen molar-refractivity contribution in [3.63, 3.8) is 0 Å². The number of hydrogen-bond donors (Lipinski definition) is 1. The SMILES string of the molecule is CCc1ccc(CNc2ccccc2N2CCCC2)cc1. The number of aryl methyl sites for hydroxylation is 1. The summed E-state index contributed by atoms with van der Waals surface area (Å²) in [4.78, 5) is 2.49. The molecule has 2 aromatic rings. The van der Waals surface area contributed by atoms with Gasteiger partial charge < -0.3 is 10.2 Å². The third-order valence-corrected chi connectivity index (χ3v) is 4.26. The van der Waals surface area contributed by atoms with E-state index >= 15 is 0 Å². The molecular weight excluding hydrogens is 256 g/mol. The maximum Gasteiger partial charge on any atom is 0.0602 e. The first-order chi connectivity index (χ1) is 10.4. The lowest BCUT2D eigenvalue weighted by molar-refractivity contribution is 0.949. The van der Waals surface area contributed by atoms with Crippen LogP contribution in [0.5, 0.6) is 0 Å². The zero-order chi connectivity index (χ0) is 14.5. The zero-order valence-electron chi connectivity index (χ0n) is 12.8. The van der Waals surface area contributed by atoms with Gasteiger partial charge in [-0.15, -0.1) is 0 Å². The molecule has 0 saturated carbocycles. The Labute approximate surface area is 127 Å². The summed E-state index contributed by atoms with van der Waals surface area (Å²) in [6, 6.07) is 17.6. The van der Waals surface area contributed by atoms with Gasteiger partial charge in [-0.05, 0) is 42.5 Å². The van der Waals surface area contributed by atoms with Crippen LogP contribution in [0.3, 0.4) is 0 Å². The van der Waals surface area contributed by atoms with E-state index in [1.54, 1.807) is 0 Å². The molecule has 1 aliphatic rings. The van der Waals surface area contributed by atoms with Crippen molar-refractivity contribution in [1.82, 2.24) is 0 Å². The van der Waals surface area contributed by atoms with E-state index in [1.165, 1.54) is 48.4 Å². The Bertz CT molecular complexity index is 568. The molecule has 0 spiro atoms. The molecular formula is C19H24N2. The molecule has 0 bridgehead atoms. The largest absolute Gasteiger partial charge is 0.379 e. The van der Waals surface area contributed by atoms with Crippen molar-refractivity contribution < 1.29 is 0 Å². The van der Waals surface area contributed by atoms with Crippen LogP contribution >= 0.6 is 0 Å². The minimum Gasteiger partial charge on any atom is -0.379 e. The van der Waals surface area contributed by atoms with Crippen LogP contribution < -0.4 is 10.2 Å². The van der Waals surface area contributed by atoms with Crippen LogP contribution in [0, 0.1) is 0 Å². The molecule has 0 atom stereocenters. The molecule has 2 heteroatoms. The van der Waals surface area contributed by atoms with Crippen LogP contribution in [0.4, 0.5) is 11.4 Å². The minimum absolute atomic E-state index is 0.884. The van der Waals surface area contributed by atoms with Crippen LogP contribution in [0.25, 0.3) is 0 Å². The van der Waals surface area contributed by atoms with E-state index in [0.29, 0.717) is 0 Å². The maximum atomic E-state index is 3.60. The molecule has 1 aliphatic heterocycles. The van der Waals surface area contributed by atoms with Gasteiger partial charge in [0.2, 0.25) is 0 Å². The van der Waals surface area contributed by atoms with Gasteiger partial charge in [-0.2, -0.15) is 0 Å². The lowest BCUT2D eigenvalue weighted by atomic mass is 10.1. The summed E-state index contributed by atoms with van der Waals surface area (Å²) in [6.45, 7) is 5.45. The van der Waals surface area contributed by atoms with Crippen LogP contribution in [0.1, 0.15) is 30.9 Å². The van der Waals surface area contributed by atoms with Crippen molar-refractivity contribution in [3.8, 4) is 0 Å². The fraction of sp³-hybridized carbons (Fsp3) is 0.368. The molecule has 110 valence electrons. The predicted molar refractivity (Wildman–Crippen MR) is 91.0 cm³/mol. The van der Waals surface area contributed by atoms with Gasteiger partial charge in [0.1, 0.15) is 0 Å². The molecule has 1 saturated heterocycles. The molecule has 2 aromatic carbocycles. The van der Waals surface area contributed by atoms with E-state index < -0.39 is 0 Å². The molecule has 0 radical (unpaired) electrons. The quantitative estimate of drug-likeness (QED) is 0.869. The van der Waals surface area contributed by atoms with Crippen molar-refractivity contribution in [2.24, 2.45) is 0 Å². The standard InChI is InChI=1S/C19H24N2/c1-2-16-9-11-17(12-10-16)15-20-18-7-3-4-8-19(18)21-13-5-6-14-21/h3-4,7-12,20H,2,5-6,13-15H2,1H3. The summed E-state index contributed by atoms with van der Waals surface area (Å²) < 4.78 is 0. The Kier molecular flexibility index (Phi) is 4.44. The fourth-order valence-electron chi connectivity index (χ4n) is 2.95. The number of nitrogens with zero attached hydrogens (tertiary/aromatic N) is 1. The molecule has 21 heavy (non-hydrogen) atoms. The van der Waals surface area contributed by atoms with Gasteiger partial charge in [0.25, 0.3) is 0 Å². The highest BCUT2D eigenvalue weighted by Crippen LogP contribution is 2.28. The Morgan fingerprint density at radius 3 is 2.29 bits per heavy atom. The summed E-state index contributed by atoms with van der Waals surface area (Å²) >= 11 is 0. The van der Waals surface area contributed by atoms with Crippen molar-refractivity contribution in [1.29, 1.82) is 0 Å². The van der Waals surface area contributed by atoms with E-state index in [0.717, 1.165) is 13.0 Å². The third-order valence-electron chi connectivity index (χ3n) is 4.26. The van der Waals surface area contributed by atoms with Crippen molar-refractivity contribution in [3.05, 3.63) is 59.7 Å². The lowest BCUT2D eigenvalue weighted by Gasteiger charge is -2.22. The number of para-hydroxylation sites is 2. The monoisotopic (exact) mass is 280 g/mol. The highest BCUT2D eigenvalue weighted by atomic mass is 15.2. The van der Waals surface area contributed by atoms with Gasteiger partial charge in [-0.3, -0.25) is 0 Å². The second-order valence-electron chi connectivity index (χ2n) is 5.73.